The van der Waals surface area contributed by atoms with Gasteiger partial charge in [0.05, 0.1) is 6.33 Å². The van der Waals surface area contributed by atoms with Gasteiger partial charge in [0.2, 0.25) is 0 Å². The molecule has 0 amide bonds. The van der Waals surface area contributed by atoms with E-state index in [1.807, 2.05) is 42.9 Å². The molecule has 1 unspecified atom stereocenters. The highest BCUT2D eigenvalue weighted by atomic mass is 32.2. The van der Waals surface area contributed by atoms with Gasteiger partial charge in [-0.05, 0) is 36.1 Å². The third-order valence-electron chi connectivity index (χ3n) is 5.48. The van der Waals surface area contributed by atoms with Crippen LogP contribution in [0.1, 0.15) is 43.6 Å². The highest BCUT2D eigenvalue weighted by Gasteiger charge is 2.23. The molecule has 1 atom stereocenters. The molecular formula is C21H26N6S. The minimum absolute atomic E-state index is 0.0456. The Morgan fingerprint density at radius 1 is 1.04 bits per heavy atom. The number of nitrogens with zero attached hydrogens (tertiary/aromatic N) is 6. The quantitative estimate of drug-likeness (QED) is 0.485. The summed E-state index contributed by atoms with van der Waals surface area (Å²) in [6.07, 6.45) is 10.6. The SMILES string of the molecule is CC(SCCC(C)(C)c1cnc2c(c1)ncn2C)c1cn(C)c2nccnc12. The van der Waals surface area contributed by atoms with Gasteiger partial charge in [0.25, 0.3) is 0 Å². The zero-order valence-corrected chi connectivity index (χ0v) is 17.9. The van der Waals surface area contributed by atoms with Gasteiger partial charge < -0.3 is 9.13 Å². The minimum Gasteiger partial charge on any atom is -0.334 e. The lowest BCUT2D eigenvalue weighted by atomic mass is 9.83. The van der Waals surface area contributed by atoms with E-state index in [1.54, 1.807) is 12.4 Å². The Kier molecular flexibility index (Phi) is 4.87. The van der Waals surface area contributed by atoms with Gasteiger partial charge in [0, 0.05) is 49.7 Å². The molecule has 4 heterocycles. The Bertz CT molecular complexity index is 1130. The summed E-state index contributed by atoms with van der Waals surface area (Å²) in [7, 11) is 4.00. The number of thioether (sulfide) groups is 1. The Morgan fingerprint density at radius 3 is 2.64 bits per heavy atom. The largest absolute Gasteiger partial charge is 0.334 e. The van der Waals surface area contributed by atoms with Gasteiger partial charge in [-0.2, -0.15) is 11.8 Å². The van der Waals surface area contributed by atoms with Crippen molar-refractivity contribution >= 4 is 34.1 Å². The highest BCUT2D eigenvalue weighted by Crippen LogP contribution is 2.36. The Hall–Kier alpha value is -2.41. The molecule has 0 aliphatic rings. The number of pyridine rings is 1. The second kappa shape index (κ2) is 7.20. The van der Waals surface area contributed by atoms with E-state index >= 15 is 0 Å². The third-order valence-corrected chi connectivity index (χ3v) is 6.68. The van der Waals surface area contributed by atoms with Crippen LogP contribution in [0.15, 0.2) is 37.2 Å². The average molecular weight is 395 g/mol. The molecule has 4 aromatic heterocycles. The molecule has 0 aliphatic heterocycles. The van der Waals surface area contributed by atoms with Crippen molar-refractivity contribution in [2.75, 3.05) is 5.75 Å². The molecule has 0 N–H and O–H groups in total. The predicted molar refractivity (Wildman–Crippen MR) is 116 cm³/mol. The highest BCUT2D eigenvalue weighted by molar-refractivity contribution is 7.99. The van der Waals surface area contributed by atoms with Crippen molar-refractivity contribution in [2.24, 2.45) is 14.1 Å². The second-order valence-corrected chi connectivity index (χ2v) is 9.44. The molecule has 7 heteroatoms. The van der Waals surface area contributed by atoms with E-state index in [2.05, 4.69) is 57.5 Å². The monoisotopic (exact) mass is 394 g/mol. The number of aryl methyl sites for hydroxylation is 2. The Labute approximate surface area is 169 Å². The van der Waals surface area contributed by atoms with E-state index in [9.17, 15) is 0 Å². The smallest absolute Gasteiger partial charge is 0.159 e. The van der Waals surface area contributed by atoms with Crippen molar-refractivity contribution in [3.8, 4) is 0 Å². The molecule has 4 rings (SSSR count). The van der Waals surface area contributed by atoms with E-state index in [0.29, 0.717) is 5.25 Å². The summed E-state index contributed by atoms with van der Waals surface area (Å²) < 4.78 is 4.02. The molecule has 6 nitrogen and oxygen atoms in total. The maximum atomic E-state index is 4.61. The van der Waals surface area contributed by atoms with Crippen LogP contribution in [-0.2, 0) is 19.5 Å². The number of hydrogen-bond donors (Lipinski definition) is 0. The van der Waals surface area contributed by atoms with E-state index in [-0.39, 0.29) is 5.41 Å². The molecule has 146 valence electrons. The topological polar surface area (TPSA) is 61.4 Å². The summed E-state index contributed by atoms with van der Waals surface area (Å²) in [4.78, 5) is 18.1. The number of rotatable bonds is 6. The van der Waals surface area contributed by atoms with Crippen LogP contribution in [0.25, 0.3) is 22.3 Å². The zero-order chi connectivity index (χ0) is 19.9. The summed E-state index contributed by atoms with van der Waals surface area (Å²) in [6.45, 7) is 6.82. The van der Waals surface area contributed by atoms with Gasteiger partial charge in [0.1, 0.15) is 11.0 Å². The molecule has 0 radical (unpaired) electrons. The molecule has 0 saturated carbocycles. The standard InChI is InChI=1S/C21H26N6S/c1-14(16-12-26(4)20-18(16)22-7-8-23-20)28-9-6-21(2,3)15-10-17-19(24-11-15)27(5)13-25-17/h7-8,10-14H,6,9H2,1-5H3. The fourth-order valence-electron chi connectivity index (χ4n) is 3.53. The predicted octanol–water partition coefficient (Wildman–Crippen LogP) is 4.41. The molecule has 0 spiro atoms. The molecular weight excluding hydrogens is 368 g/mol. The molecule has 0 fully saturated rings. The molecule has 0 bridgehead atoms. The van der Waals surface area contributed by atoms with Crippen molar-refractivity contribution in [1.29, 1.82) is 0 Å². The normalized spacial score (nSPS) is 13.5. The van der Waals surface area contributed by atoms with Crippen LogP contribution in [0.2, 0.25) is 0 Å². The van der Waals surface area contributed by atoms with Gasteiger partial charge in [-0.3, -0.25) is 4.98 Å². The van der Waals surface area contributed by atoms with Crippen LogP contribution in [-0.4, -0.2) is 34.8 Å². The second-order valence-electron chi connectivity index (χ2n) is 7.99. The first-order valence-corrected chi connectivity index (χ1v) is 10.6. The lowest BCUT2D eigenvalue weighted by Crippen LogP contribution is -2.18. The maximum Gasteiger partial charge on any atom is 0.159 e. The van der Waals surface area contributed by atoms with Crippen LogP contribution in [0.5, 0.6) is 0 Å². The Morgan fingerprint density at radius 2 is 1.82 bits per heavy atom. The number of fused-ring (bicyclic) bond motifs is 2. The zero-order valence-electron chi connectivity index (χ0n) is 17.0. The van der Waals surface area contributed by atoms with E-state index in [1.165, 1.54) is 11.1 Å². The van der Waals surface area contributed by atoms with Crippen molar-refractivity contribution in [3.05, 3.63) is 48.3 Å². The van der Waals surface area contributed by atoms with Gasteiger partial charge in [0.15, 0.2) is 11.3 Å². The fourth-order valence-corrected chi connectivity index (χ4v) is 4.87. The molecule has 0 saturated heterocycles. The molecule has 0 aromatic carbocycles. The molecule has 4 aromatic rings. The summed E-state index contributed by atoms with van der Waals surface area (Å²) >= 11 is 1.97. The first-order chi connectivity index (χ1) is 13.4. The Balaban J connectivity index is 1.45. The van der Waals surface area contributed by atoms with Gasteiger partial charge in [-0.15, -0.1) is 0 Å². The lowest BCUT2D eigenvalue weighted by Gasteiger charge is -2.25. The molecule has 0 aliphatic carbocycles. The summed E-state index contributed by atoms with van der Waals surface area (Å²) in [5.74, 6) is 1.06. The first kappa shape index (κ1) is 18.9. The van der Waals surface area contributed by atoms with Crippen molar-refractivity contribution < 1.29 is 0 Å². The van der Waals surface area contributed by atoms with Crippen LogP contribution in [0.4, 0.5) is 0 Å². The first-order valence-electron chi connectivity index (χ1n) is 9.52. The summed E-state index contributed by atoms with van der Waals surface area (Å²) in [5, 5.41) is 0.368. The van der Waals surface area contributed by atoms with Crippen LogP contribution in [0.3, 0.4) is 0 Å². The van der Waals surface area contributed by atoms with Crippen molar-refractivity contribution in [3.63, 3.8) is 0 Å². The van der Waals surface area contributed by atoms with Crippen LogP contribution in [0, 0.1) is 0 Å². The number of imidazole rings is 1. The van der Waals surface area contributed by atoms with Gasteiger partial charge in [-0.1, -0.05) is 13.8 Å². The fraction of sp³-hybridized carbons (Fsp3) is 0.429. The van der Waals surface area contributed by atoms with Gasteiger partial charge >= 0.3 is 0 Å². The summed E-state index contributed by atoms with van der Waals surface area (Å²) in [6, 6.07) is 2.18. The average Bonchev–Trinajstić information content (AvgIpc) is 3.22. The third kappa shape index (κ3) is 3.39. The number of hydrogen-bond acceptors (Lipinski definition) is 5. The van der Waals surface area contributed by atoms with E-state index in [4.69, 9.17) is 0 Å². The summed E-state index contributed by atoms with van der Waals surface area (Å²) in [5.41, 5.74) is 6.38. The van der Waals surface area contributed by atoms with Crippen molar-refractivity contribution in [1.82, 2.24) is 29.1 Å². The number of aromatic nitrogens is 6. The maximum absolute atomic E-state index is 4.61. The van der Waals surface area contributed by atoms with E-state index in [0.717, 1.165) is 34.5 Å². The van der Waals surface area contributed by atoms with Gasteiger partial charge in [-0.25, -0.2) is 15.0 Å². The lowest BCUT2D eigenvalue weighted by molar-refractivity contribution is 0.509. The van der Waals surface area contributed by atoms with Crippen LogP contribution >= 0.6 is 11.8 Å². The van der Waals surface area contributed by atoms with E-state index < -0.39 is 0 Å². The molecule has 28 heavy (non-hydrogen) atoms. The minimum atomic E-state index is 0.0456. The van der Waals surface area contributed by atoms with Crippen LogP contribution < -0.4 is 0 Å². The van der Waals surface area contributed by atoms with Crippen molar-refractivity contribution in [2.45, 2.75) is 37.9 Å².